The zero-order valence-electron chi connectivity index (χ0n) is 10.8. The third-order valence-electron chi connectivity index (χ3n) is 2.67. The van der Waals surface area contributed by atoms with Crippen LogP contribution in [-0.2, 0) is 20.7 Å². The first-order valence-corrected chi connectivity index (χ1v) is 5.77. The fourth-order valence-electron chi connectivity index (χ4n) is 1.56. The number of nitrogens with zero attached hydrogens (tertiary/aromatic N) is 1. The molecule has 1 aromatic carbocycles. The summed E-state index contributed by atoms with van der Waals surface area (Å²) in [5, 5.41) is 0. The zero-order valence-corrected chi connectivity index (χ0v) is 10.8. The Morgan fingerprint density at radius 1 is 1.26 bits per heavy atom. The SMILES string of the molecule is CCN(CC(=O)OC)C(=O)Cc1c(F)cccc1F. The van der Waals surface area contributed by atoms with Gasteiger partial charge >= 0.3 is 5.97 Å². The van der Waals surface area contributed by atoms with Crippen LogP contribution in [0.1, 0.15) is 12.5 Å². The molecule has 0 saturated heterocycles. The van der Waals surface area contributed by atoms with Gasteiger partial charge in [0.15, 0.2) is 0 Å². The first-order valence-electron chi connectivity index (χ1n) is 5.77. The molecule has 1 aromatic rings. The minimum atomic E-state index is -0.775. The number of carbonyl (C=O) groups excluding carboxylic acids is 2. The van der Waals surface area contributed by atoms with E-state index in [2.05, 4.69) is 4.74 Å². The first kappa shape index (κ1) is 15.1. The van der Waals surface area contributed by atoms with Gasteiger partial charge in [0.25, 0.3) is 0 Å². The topological polar surface area (TPSA) is 46.6 Å². The molecule has 0 aliphatic rings. The summed E-state index contributed by atoms with van der Waals surface area (Å²) in [5.74, 6) is -2.66. The van der Waals surface area contributed by atoms with Gasteiger partial charge in [0.2, 0.25) is 5.91 Å². The van der Waals surface area contributed by atoms with Gasteiger partial charge in [-0.25, -0.2) is 8.78 Å². The molecule has 1 rings (SSSR count). The Hall–Kier alpha value is -1.98. The molecule has 6 heteroatoms. The molecule has 0 aliphatic carbocycles. The second-order valence-electron chi connectivity index (χ2n) is 3.86. The van der Waals surface area contributed by atoms with Crippen molar-refractivity contribution in [2.24, 2.45) is 0 Å². The van der Waals surface area contributed by atoms with Crippen molar-refractivity contribution < 1.29 is 23.1 Å². The van der Waals surface area contributed by atoms with Crippen molar-refractivity contribution in [1.29, 1.82) is 0 Å². The summed E-state index contributed by atoms with van der Waals surface area (Å²) in [6, 6.07) is 3.40. The van der Waals surface area contributed by atoms with Crippen LogP contribution in [0.3, 0.4) is 0 Å². The fraction of sp³-hybridized carbons (Fsp3) is 0.385. The lowest BCUT2D eigenvalue weighted by atomic mass is 10.1. The minimum Gasteiger partial charge on any atom is -0.468 e. The number of carbonyl (C=O) groups is 2. The van der Waals surface area contributed by atoms with Gasteiger partial charge < -0.3 is 9.64 Å². The van der Waals surface area contributed by atoms with E-state index in [1.54, 1.807) is 6.92 Å². The second kappa shape index (κ2) is 6.82. The average molecular weight is 271 g/mol. The summed E-state index contributed by atoms with van der Waals surface area (Å²) >= 11 is 0. The van der Waals surface area contributed by atoms with Gasteiger partial charge in [-0.05, 0) is 19.1 Å². The van der Waals surface area contributed by atoms with Crippen molar-refractivity contribution in [1.82, 2.24) is 4.90 Å². The highest BCUT2D eigenvalue weighted by Crippen LogP contribution is 2.13. The highest BCUT2D eigenvalue weighted by molar-refractivity contribution is 5.83. The molecule has 0 fully saturated rings. The maximum atomic E-state index is 13.4. The van der Waals surface area contributed by atoms with E-state index in [1.165, 1.54) is 18.1 Å². The number of halogens is 2. The van der Waals surface area contributed by atoms with Crippen LogP contribution in [0.2, 0.25) is 0 Å². The van der Waals surface area contributed by atoms with E-state index < -0.39 is 29.9 Å². The monoisotopic (exact) mass is 271 g/mol. The van der Waals surface area contributed by atoms with E-state index in [9.17, 15) is 18.4 Å². The van der Waals surface area contributed by atoms with Crippen LogP contribution < -0.4 is 0 Å². The van der Waals surface area contributed by atoms with Gasteiger partial charge in [0.1, 0.15) is 18.2 Å². The van der Waals surface area contributed by atoms with Gasteiger partial charge in [-0.1, -0.05) is 6.07 Å². The molecule has 0 bridgehead atoms. The maximum Gasteiger partial charge on any atom is 0.325 e. The Balaban J connectivity index is 2.80. The second-order valence-corrected chi connectivity index (χ2v) is 3.86. The third-order valence-corrected chi connectivity index (χ3v) is 2.67. The number of benzene rings is 1. The molecule has 19 heavy (non-hydrogen) atoms. The predicted octanol–water partition coefficient (Wildman–Crippen LogP) is 1.53. The molecule has 0 saturated carbocycles. The minimum absolute atomic E-state index is 0.234. The highest BCUT2D eigenvalue weighted by Gasteiger charge is 2.19. The number of hydrogen-bond acceptors (Lipinski definition) is 3. The van der Waals surface area contributed by atoms with E-state index in [1.807, 2.05) is 0 Å². The van der Waals surface area contributed by atoms with Gasteiger partial charge in [-0.2, -0.15) is 0 Å². The molecule has 0 spiro atoms. The van der Waals surface area contributed by atoms with Crippen molar-refractivity contribution in [3.63, 3.8) is 0 Å². The largest absolute Gasteiger partial charge is 0.468 e. The van der Waals surface area contributed by atoms with Crippen molar-refractivity contribution in [3.05, 3.63) is 35.4 Å². The van der Waals surface area contributed by atoms with Crippen LogP contribution in [0.15, 0.2) is 18.2 Å². The number of esters is 1. The normalized spacial score (nSPS) is 10.1. The summed E-state index contributed by atoms with van der Waals surface area (Å²) < 4.78 is 31.3. The molecular formula is C13H15F2NO3. The lowest BCUT2D eigenvalue weighted by molar-refractivity contribution is -0.146. The Labute approximate surface area is 110 Å². The molecule has 0 aromatic heterocycles. The Morgan fingerprint density at radius 3 is 2.32 bits per heavy atom. The van der Waals surface area contributed by atoms with E-state index >= 15 is 0 Å². The lowest BCUT2D eigenvalue weighted by Gasteiger charge is -2.19. The number of ether oxygens (including phenoxy) is 1. The van der Waals surface area contributed by atoms with Crippen LogP contribution in [0.25, 0.3) is 0 Å². The van der Waals surface area contributed by atoms with E-state index in [-0.39, 0.29) is 18.7 Å². The maximum absolute atomic E-state index is 13.4. The average Bonchev–Trinajstić information content (AvgIpc) is 2.39. The van der Waals surface area contributed by atoms with Crippen molar-refractivity contribution in [3.8, 4) is 0 Å². The molecular weight excluding hydrogens is 256 g/mol. The Morgan fingerprint density at radius 2 is 1.84 bits per heavy atom. The summed E-state index contributed by atoms with van der Waals surface area (Å²) in [6.45, 7) is 1.68. The van der Waals surface area contributed by atoms with Gasteiger partial charge in [-0.3, -0.25) is 9.59 Å². The molecule has 104 valence electrons. The van der Waals surface area contributed by atoms with Crippen molar-refractivity contribution in [2.75, 3.05) is 20.2 Å². The highest BCUT2D eigenvalue weighted by atomic mass is 19.1. The molecule has 4 nitrogen and oxygen atoms in total. The first-order chi connectivity index (χ1) is 8.99. The molecule has 1 amide bonds. The summed E-state index contributed by atoms with van der Waals surface area (Å²) in [6.07, 6.45) is -0.427. The van der Waals surface area contributed by atoms with Gasteiger partial charge in [0, 0.05) is 12.1 Å². The molecule has 0 aliphatic heterocycles. The number of rotatable bonds is 5. The lowest BCUT2D eigenvalue weighted by Crippen LogP contribution is -2.37. The van der Waals surface area contributed by atoms with Crippen LogP contribution in [0.5, 0.6) is 0 Å². The summed E-state index contributed by atoms with van der Waals surface area (Å²) in [5.41, 5.74) is -0.296. The number of methoxy groups -OCH3 is 1. The standard InChI is InChI=1S/C13H15F2NO3/c1-3-16(8-13(18)19-2)12(17)7-9-10(14)5-4-6-11(9)15/h4-6H,3,7-8H2,1-2H3. The van der Waals surface area contributed by atoms with Crippen LogP contribution >= 0.6 is 0 Å². The zero-order chi connectivity index (χ0) is 14.4. The van der Waals surface area contributed by atoms with Gasteiger partial charge in [-0.15, -0.1) is 0 Å². The number of likely N-dealkylation sites (N-methyl/N-ethyl adjacent to an activating group) is 1. The van der Waals surface area contributed by atoms with Crippen molar-refractivity contribution in [2.45, 2.75) is 13.3 Å². The quantitative estimate of drug-likeness (QED) is 0.763. The van der Waals surface area contributed by atoms with Crippen molar-refractivity contribution >= 4 is 11.9 Å². The molecule has 0 radical (unpaired) electrons. The van der Waals surface area contributed by atoms with E-state index in [4.69, 9.17) is 0 Å². The Kier molecular flexibility index (Phi) is 5.41. The van der Waals surface area contributed by atoms with E-state index in [0.29, 0.717) is 0 Å². The number of amides is 1. The van der Waals surface area contributed by atoms with Crippen LogP contribution in [0, 0.1) is 11.6 Å². The molecule has 0 heterocycles. The smallest absolute Gasteiger partial charge is 0.325 e. The molecule has 0 N–H and O–H groups in total. The summed E-state index contributed by atoms with van der Waals surface area (Å²) in [4.78, 5) is 24.2. The summed E-state index contributed by atoms with van der Waals surface area (Å²) in [7, 11) is 1.21. The number of hydrogen-bond donors (Lipinski definition) is 0. The molecule has 0 atom stereocenters. The van der Waals surface area contributed by atoms with E-state index in [0.717, 1.165) is 12.1 Å². The van der Waals surface area contributed by atoms with Crippen LogP contribution in [-0.4, -0.2) is 37.0 Å². The van der Waals surface area contributed by atoms with Crippen LogP contribution in [0.4, 0.5) is 8.78 Å². The third kappa shape index (κ3) is 4.01. The molecule has 0 unspecified atom stereocenters. The Bertz CT molecular complexity index is 457. The fourth-order valence-corrected chi connectivity index (χ4v) is 1.56. The predicted molar refractivity (Wildman–Crippen MR) is 64.3 cm³/mol. The van der Waals surface area contributed by atoms with Gasteiger partial charge in [0.05, 0.1) is 13.5 Å².